The highest BCUT2D eigenvalue weighted by atomic mass is 16.2. The van der Waals surface area contributed by atoms with Gasteiger partial charge < -0.3 is 5.32 Å². The minimum atomic E-state index is -0.358. The van der Waals surface area contributed by atoms with Gasteiger partial charge in [0.2, 0.25) is 5.91 Å². The summed E-state index contributed by atoms with van der Waals surface area (Å²) in [6.45, 7) is 10.5. The first kappa shape index (κ1) is 14.7. The van der Waals surface area contributed by atoms with Crippen LogP contribution in [0.25, 0.3) is 0 Å². The Hall–Kier alpha value is -1.31. The molecule has 1 amide bonds. The van der Waals surface area contributed by atoms with Crippen molar-refractivity contribution in [3.05, 3.63) is 35.4 Å². The Balaban J connectivity index is 2.94. The van der Waals surface area contributed by atoms with Gasteiger partial charge in [-0.3, -0.25) is 4.79 Å². The predicted octanol–water partition coefficient (Wildman–Crippen LogP) is 3.43. The molecule has 1 aromatic rings. The summed E-state index contributed by atoms with van der Waals surface area (Å²) in [6.07, 6.45) is 0.822. The summed E-state index contributed by atoms with van der Waals surface area (Å²) in [5.41, 5.74) is 2.18. The van der Waals surface area contributed by atoms with E-state index in [4.69, 9.17) is 0 Å². The summed E-state index contributed by atoms with van der Waals surface area (Å²) < 4.78 is 0. The van der Waals surface area contributed by atoms with Crippen molar-refractivity contribution in [2.24, 2.45) is 5.41 Å². The third kappa shape index (κ3) is 3.34. The van der Waals surface area contributed by atoms with E-state index in [1.54, 1.807) is 7.05 Å². The Labute approximate surface area is 111 Å². The minimum Gasteiger partial charge on any atom is -0.359 e. The zero-order valence-corrected chi connectivity index (χ0v) is 12.4. The van der Waals surface area contributed by atoms with Gasteiger partial charge in [0.05, 0.1) is 0 Å². The van der Waals surface area contributed by atoms with Crippen molar-refractivity contribution in [3.63, 3.8) is 0 Å². The molecule has 2 nitrogen and oxygen atoms in total. The number of rotatable bonds is 4. The Morgan fingerprint density at radius 3 is 2.06 bits per heavy atom. The topological polar surface area (TPSA) is 29.1 Å². The van der Waals surface area contributed by atoms with Crippen molar-refractivity contribution in [2.45, 2.75) is 46.5 Å². The number of hydrogen-bond acceptors (Lipinski definition) is 1. The van der Waals surface area contributed by atoms with Crippen LogP contribution >= 0.6 is 0 Å². The normalized spacial score (nSPS) is 12.3. The number of carbonyl (C=O) groups is 1. The largest absolute Gasteiger partial charge is 0.359 e. The summed E-state index contributed by atoms with van der Waals surface area (Å²) in [5, 5.41) is 2.75. The minimum absolute atomic E-state index is 0.0102. The third-order valence-electron chi connectivity index (χ3n) is 3.56. The van der Waals surface area contributed by atoms with Crippen LogP contribution in [0.3, 0.4) is 0 Å². The quantitative estimate of drug-likeness (QED) is 0.867. The van der Waals surface area contributed by atoms with Gasteiger partial charge in [0, 0.05) is 12.5 Å². The number of hydrogen-bond donors (Lipinski definition) is 1. The van der Waals surface area contributed by atoms with Gasteiger partial charge in [-0.2, -0.15) is 0 Å². The van der Waals surface area contributed by atoms with Crippen LogP contribution in [0.1, 0.15) is 45.2 Å². The van der Waals surface area contributed by atoms with E-state index in [0.717, 1.165) is 6.42 Å². The zero-order chi connectivity index (χ0) is 14.0. The molecule has 2 heteroatoms. The molecule has 0 heterocycles. The Kier molecular flexibility index (Phi) is 4.20. The molecule has 1 aromatic carbocycles. The van der Waals surface area contributed by atoms with E-state index in [0.29, 0.717) is 0 Å². The molecule has 0 spiro atoms. The van der Waals surface area contributed by atoms with Crippen molar-refractivity contribution in [1.82, 2.24) is 5.32 Å². The molecule has 18 heavy (non-hydrogen) atoms. The van der Waals surface area contributed by atoms with E-state index in [1.807, 2.05) is 13.8 Å². The lowest BCUT2D eigenvalue weighted by Gasteiger charge is -2.34. The second-order valence-electron chi connectivity index (χ2n) is 6.39. The summed E-state index contributed by atoms with van der Waals surface area (Å²) in [5.74, 6) is 0.0997. The van der Waals surface area contributed by atoms with Gasteiger partial charge in [-0.05, 0) is 24.3 Å². The molecule has 0 aliphatic carbocycles. The average molecular weight is 247 g/mol. The maximum atomic E-state index is 11.9. The van der Waals surface area contributed by atoms with Gasteiger partial charge in [0.15, 0.2) is 0 Å². The monoisotopic (exact) mass is 247 g/mol. The maximum absolute atomic E-state index is 11.9. The molecule has 0 unspecified atom stereocenters. The molecule has 0 saturated carbocycles. The van der Waals surface area contributed by atoms with Crippen LogP contribution in [-0.2, 0) is 10.2 Å². The van der Waals surface area contributed by atoms with Crippen molar-refractivity contribution in [2.75, 3.05) is 7.05 Å². The fraction of sp³-hybridized carbons (Fsp3) is 0.562. The van der Waals surface area contributed by atoms with E-state index < -0.39 is 0 Å². The summed E-state index contributed by atoms with van der Waals surface area (Å²) in [4.78, 5) is 11.9. The lowest BCUT2D eigenvalue weighted by molar-refractivity contribution is -0.129. The average Bonchev–Trinajstić information content (AvgIpc) is 2.27. The summed E-state index contributed by atoms with van der Waals surface area (Å²) in [7, 11) is 1.70. The summed E-state index contributed by atoms with van der Waals surface area (Å²) >= 11 is 0. The van der Waals surface area contributed by atoms with Crippen LogP contribution in [0.4, 0.5) is 0 Å². The molecule has 0 aliphatic rings. The molecular weight excluding hydrogens is 222 g/mol. The van der Waals surface area contributed by atoms with E-state index in [9.17, 15) is 4.79 Å². The molecule has 0 fully saturated rings. The smallest absolute Gasteiger partial charge is 0.225 e. The molecule has 0 atom stereocenters. The van der Waals surface area contributed by atoms with Crippen LogP contribution in [0, 0.1) is 12.3 Å². The number of benzene rings is 1. The molecule has 1 rings (SSSR count). The van der Waals surface area contributed by atoms with E-state index in [-0.39, 0.29) is 16.7 Å². The number of carbonyl (C=O) groups excluding carboxylic acids is 1. The first-order valence-corrected chi connectivity index (χ1v) is 6.48. The van der Waals surface area contributed by atoms with Gasteiger partial charge >= 0.3 is 0 Å². The first-order chi connectivity index (χ1) is 8.19. The number of amides is 1. The fourth-order valence-electron chi connectivity index (χ4n) is 2.63. The highest BCUT2D eigenvalue weighted by molar-refractivity contribution is 5.81. The van der Waals surface area contributed by atoms with E-state index in [1.165, 1.54) is 11.1 Å². The van der Waals surface area contributed by atoms with Crippen LogP contribution < -0.4 is 5.32 Å². The Bertz CT molecular complexity index is 415. The van der Waals surface area contributed by atoms with Gasteiger partial charge in [-0.15, -0.1) is 0 Å². The van der Waals surface area contributed by atoms with Crippen molar-refractivity contribution in [1.29, 1.82) is 0 Å². The molecule has 0 saturated heterocycles. The van der Waals surface area contributed by atoms with Crippen LogP contribution in [-0.4, -0.2) is 13.0 Å². The second-order valence-corrected chi connectivity index (χ2v) is 6.39. The van der Waals surface area contributed by atoms with Crippen molar-refractivity contribution >= 4 is 5.91 Å². The maximum Gasteiger partial charge on any atom is 0.225 e. The van der Waals surface area contributed by atoms with Crippen LogP contribution in [0.2, 0.25) is 0 Å². The summed E-state index contributed by atoms with van der Waals surface area (Å²) in [6, 6.07) is 8.58. The predicted molar refractivity (Wildman–Crippen MR) is 76.7 cm³/mol. The van der Waals surface area contributed by atoms with E-state index >= 15 is 0 Å². The van der Waals surface area contributed by atoms with Crippen molar-refractivity contribution in [3.8, 4) is 0 Å². The molecule has 0 aromatic heterocycles. The SMILES string of the molecule is CNC(=O)C(C)(C)CC(C)(C)c1ccc(C)cc1. The van der Waals surface area contributed by atoms with Gasteiger partial charge in [-0.1, -0.05) is 57.5 Å². The lowest BCUT2D eigenvalue weighted by atomic mass is 9.71. The van der Waals surface area contributed by atoms with Gasteiger partial charge in [0.25, 0.3) is 0 Å². The van der Waals surface area contributed by atoms with Crippen LogP contribution in [0.15, 0.2) is 24.3 Å². The zero-order valence-electron chi connectivity index (χ0n) is 12.4. The highest BCUT2D eigenvalue weighted by Gasteiger charge is 2.34. The third-order valence-corrected chi connectivity index (χ3v) is 3.56. The lowest BCUT2D eigenvalue weighted by Crippen LogP contribution is -2.39. The van der Waals surface area contributed by atoms with Crippen molar-refractivity contribution < 1.29 is 4.79 Å². The Morgan fingerprint density at radius 2 is 1.61 bits per heavy atom. The van der Waals surface area contributed by atoms with Gasteiger partial charge in [0.1, 0.15) is 0 Å². The molecule has 0 bridgehead atoms. The van der Waals surface area contributed by atoms with Crippen LogP contribution in [0.5, 0.6) is 0 Å². The molecule has 0 radical (unpaired) electrons. The number of nitrogens with one attached hydrogen (secondary N) is 1. The molecule has 1 N–H and O–H groups in total. The second kappa shape index (κ2) is 5.13. The molecule has 0 aliphatic heterocycles. The number of aryl methyl sites for hydroxylation is 1. The standard InChI is InChI=1S/C16H25NO/c1-12-7-9-13(10-8-12)15(2,3)11-16(4,5)14(18)17-6/h7-10H,11H2,1-6H3,(H,17,18). The fourth-order valence-corrected chi connectivity index (χ4v) is 2.63. The first-order valence-electron chi connectivity index (χ1n) is 6.48. The molecular formula is C16H25NO. The highest BCUT2D eigenvalue weighted by Crippen LogP contribution is 2.36. The van der Waals surface area contributed by atoms with Gasteiger partial charge in [-0.25, -0.2) is 0 Å². The van der Waals surface area contributed by atoms with E-state index in [2.05, 4.69) is 50.4 Å². The molecule has 100 valence electrons. The Morgan fingerprint density at radius 1 is 1.11 bits per heavy atom.